The lowest BCUT2D eigenvalue weighted by Crippen LogP contribution is -2.27. The monoisotopic (exact) mass is 251 g/mol. The summed E-state index contributed by atoms with van der Waals surface area (Å²) in [7, 11) is 0. The number of hydrogen-bond donors (Lipinski definition) is 2. The summed E-state index contributed by atoms with van der Waals surface area (Å²) in [4.78, 5) is 2.29. The van der Waals surface area contributed by atoms with Gasteiger partial charge in [-0.2, -0.15) is 0 Å². The Hall–Kier alpha value is -1.75. The van der Waals surface area contributed by atoms with Crippen LogP contribution in [0.4, 0.5) is 0 Å². The molecule has 0 saturated heterocycles. The highest BCUT2D eigenvalue weighted by Gasteiger charge is 2.02. The molecule has 0 aliphatic carbocycles. The molecule has 100 valence electrons. The van der Waals surface area contributed by atoms with Gasteiger partial charge in [-0.1, -0.05) is 31.1 Å². The van der Waals surface area contributed by atoms with E-state index in [-0.39, 0.29) is 5.84 Å². The summed E-state index contributed by atoms with van der Waals surface area (Å²) in [6.45, 7) is 7.81. The molecule has 0 amide bonds. The minimum absolute atomic E-state index is 0.0872. The predicted octanol–water partition coefficient (Wildman–Crippen LogP) is 1.50. The number of nitrogens with two attached hydrogens (primary N) is 1. The first-order chi connectivity index (χ1) is 8.71. The van der Waals surface area contributed by atoms with Gasteiger partial charge in [-0.05, 0) is 25.2 Å². The molecule has 0 unspecified atom stereocenters. The third kappa shape index (κ3) is 4.25. The first kappa shape index (κ1) is 14.3. The van der Waals surface area contributed by atoms with Crippen LogP contribution in [-0.4, -0.2) is 42.2 Å². The molecule has 0 aliphatic heterocycles. The summed E-state index contributed by atoms with van der Waals surface area (Å²) in [5.74, 6) is 0.815. The SMILES string of the molecule is CCN(CC)CCOc1cccc(/C(N)=N/O)c1. The molecule has 0 atom stereocenters. The highest BCUT2D eigenvalue weighted by atomic mass is 16.5. The summed E-state index contributed by atoms with van der Waals surface area (Å²) < 4.78 is 5.64. The topological polar surface area (TPSA) is 71.1 Å². The molecule has 3 N–H and O–H groups in total. The number of ether oxygens (including phenoxy) is 1. The number of hydrogen-bond acceptors (Lipinski definition) is 4. The maximum Gasteiger partial charge on any atom is 0.170 e. The van der Waals surface area contributed by atoms with Crippen molar-refractivity contribution in [3.8, 4) is 5.75 Å². The van der Waals surface area contributed by atoms with Gasteiger partial charge in [0.25, 0.3) is 0 Å². The Morgan fingerprint density at radius 3 is 2.72 bits per heavy atom. The molecule has 0 bridgehead atoms. The second-order valence-corrected chi connectivity index (χ2v) is 3.89. The number of amidine groups is 1. The molecule has 5 heteroatoms. The van der Waals surface area contributed by atoms with E-state index in [9.17, 15) is 0 Å². The number of rotatable bonds is 7. The number of nitrogens with zero attached hydrogens (tertiary/aromatic N) is 2. The number of likely N-dealkylation sites (N-methyl/N-ethyl adjacent to an activating group) is 1. The normalized spacial score (nSPS) is 11.8. The lowest BCUT2D eigenvalue weighted by molar-refractivity contribution is 0.223. The van der Waals surface area contributed by atoms with Crippen LogP contribution in [0.1, 0.15) is 19.4 Å². The summed E-state index contributed by atoms with van der Waals surface area (Å²) in [6.07, 6.45) is 0. The van der Waals surface area contributed by atoms with E-state index in [1.165, 1.54) is 0 Å². The van der Waals surface area contributed by atoms with Crippen LogP contribution < -0.4 is 10.5 Å². The van der Waals surface area contributed by atoms with Gasteiger partial charge in [0.15, 0.2) is 5.84 Å². The van der Waals surface area contributed by atoms with E-state index in [4.69, 9.17) is 15.7 Å². The summed E-state index contributed by atoms with van der Waals surface area (Å²) in [6, 6.07) is 7.21. The second-order valence-electron chi connectivity index (χ2n) is 3.89. The van der Waals surface area contributed by atoms with Gasteiger partial charge in [0, 0.05) is 12.1 Å². The number of benzene rings is 1. The molecule has 0 aliphatic rings. The molecule has 0 radical (unpaired) electrons. The van der Waals surface area contributed by atoms with Crippen LogP contribution in [0.2, 0.25) is 0 Å². The van der Waals surface area contributed by atoms with E-state index in [1.54, 1.807) is 12.1 Å². The molecular weight excluding hydrogens is 230 g/mol. The van der Waals surface area contributed by atoms with Crippen molar-refractivity contribution >= 4 is 5.84 Å². The van der Waals surface area contributed by atoms with Crippen molar-refractivity contribution in [3.05, 3.63) is 29.8 Å². The number of oxime groups is 1. The van der Waals surface area contributed by atoms with E-state index >= 15 is 0 Å². The summed E-state index contributed by atoms with van der Waals surface area (Å²) in [5.41, 5.74) is 6.17. The molecular formula is C13H21N3O2. The smallest absolute Gasteiger partial charge is 0.170 e. The second kappa shape index (κ2) is 7.55. The highest BCUT2D eigenvalue weighted by molar-refractivity contribution is 5.97. The van der Waals surface area contributed by atoms with E-state index in [0.717, 1.165) is 25.4 Å². The van der Waals surface area contributed by atoms with Crippen LogP contribution in [-0.2, 0) is 0 Å². The molecule has 5 nitrogen and oxygen atoms in total. The first-order valence-corrected chi connectivity index (χ1v) is 6.14. The van der Waals surface area contributed by atoms with Gasteiger partial charge in [0.2, 0.25) is 0 Å². The van der Waals surface area contributed by atoms with Gasteiger partial charge in [-0.25, -0.2) is 0 Å². The fourth-order valence-corrected chi connectivity index (χ4v) is 1.64. The fourth-order valence-electron chi connectivity index (χ4n) is 1.64. The van der Waals surface area contributed by atoms with E-state index in [2.05, 4.69) is 23.9 Å². The lowest BCUT2D eigenvalue weighted by Gasteiger charge is -2.18. The average Bonchev–Trinajstić information content (AvgIpc) is 2.43. The Morgan fingerprint density at radius 2 is 2.11 bits per heavy atom. The van der Waals surface area contributed by atoms with Gasteiger partial charge in [0.05, 0.1) is 0 Å². The Kier molecular flexibility index (Phi) is 6.00. The molecule has 1 aromatic carbocycles. The Morgan fingerprint density at radius 1 is 1.39 bits per heavy atom. The van der Waals surface area contributed by atoms with Gasteiger partial charge in [-0.3, -0.25) is 0 Å². The van der Waals surface area contributed by atoms with E-state index < -0.39 is 0 Å². The molecule has 0 aromatic heterocycles. The standard InChI is InChI=1S/C13H21N3O2/c1-3-16(4-2)8-9-18-12-7-5-6-11(10-12)13(14)15-17/h5-7,10,17H,3-4,8-9H2,1-2H3,(H2,14,15). The van der Waals surface area contributed by atoms with Crippen molar-refractivity contribution in [1.82, 2.24) is 4.90 Å². The van der Waals surface area contributed by atoms with Crippen molar-refractivity contribution in [1.29, 1.82) is 0 Å². The third-order valence-corrected chi connectivity index (χ3v) is 2.81. The van der Waals surface area contributed by atoms with Crippen molar-refractivity contribution < 1.29 is 9.94 Å². The van der Waals surface area contributed by atoms with Crippen molar-refractivity contribution in [2.75, 3.05) is 26.2 Å². The molecule has 1 aromatic rings. The minimum Gasteiger partial charge on any atom is -0.492 e. The largest absolute Gasteiger partial charge is 0.492 e. The molecule has 1 rings (SSSR count). The van der Waals surface area contributed by atoms with Crippen LogP contribution in [0.3, 0.4) is 0 Å². The van der Waals surface area contributed by atoms with E-state index in [1.807, 2.05) is 12.1 Å². The Balaban J connectivity index is 2.52. The van der Waals surface area contributed by atoms with Crippen molar-refractivity contribution in [3.63, 3.8) is 0 Å². The van der Waals surface area contributed by atoms with Gasteiger partial charge >= 0.3 is 0 Å². The highest BCUT2D eigenvalue weighted by Crippen LogP contribution is 2.13. The lowest BCUT2D eigenvalue weighted by atomic mass is 10.2. The first-order valence-electron chi connectivity index (χ1n) is 6.14. The third-order valence-electron chi connectivity index (χ3n) is 2.81. The van der Waals surface area contributed by atoms with Gasteiger partial charge in [0.1, 0.15) is 12.4 Å². The van der Waals surface area contributed by atoms with Crippen LogP contribution in [0.15, 0.2) is 29.4 Å². The average molecular weight is 251 g/mol. The van der Waals surface area contributed by atoms with Crippen LogP contribution in [0.5, 0.6) is 5.75 Å². The fraction of sp³-hybridized carbons (Fsp3) is 0.462. The predicted molar refractivity (Wildman–Crippen MR) is 72.2 cm³/mol. The zero-order valence-corrected chi connectivity index (χ0v) is 11.0. The van der Waals surface area contributed by atoms with E-state index in [0.29, 0.717) is 12.2 Å². The van der Waals surface area contributed by atoms with Crippen LogP contribution in [0.25, 0.3) is 0 Å². The summed E-state index contributed by atoms with van der Waals surface area (Å²) in [5, 5.41) is 11.6. The minimum atomic E-state index is 0.0872. The molecule has 18 heavy (non-hydrogen) atoms. The molecule has 0 heterocycles. The zero-order valence-electron chi connectivity index (χ0n) is 11.0. The summed E-state index contributed by atoms with van der Waals surface area (Å²) >= 11 is 0. The van der Waals surface area contributed by atoms with Crippen molar-refractivity contribution in [2.45, 2.75) is 13.8 Å². The molecule has 0 saturated carbocycles. The van der Waals surface area contributed by atoms with Crippen molar-refractivity contribution in [2.24, 2.45) is 10.9 Å². The quantitative estimate of drug-likeness (QED) is 0.333. The zero-order chi connectivity index (χ0) is 13.4. The van der Waals surface area contributed by atoms with Gasteiger partial charge < -0.3 is 20.6 Å². The maximum atomic E-state index is 8.61. The Bertz CT molecular complexity index is 390. The Labute approximate surface area is 108 Å². The van der Waals surface area contributed by atoms with Crippen LogP contribution >= 0.6 is 0 Å². The van der Waals surface area contributed by atoms with Crippen LogP contribution in [0, 0.1) is 0 Å². The molecule has 0 spiro atoms. The molecule has 0 fully saturated rings. The van der Waals surface area contributed by atoms with Gasteiger partial charge in [-0.15, -0.1) is 0 Å². The maximum absolute atomic E-state index is 8.61.